The van der Waals surface area contributed by atoms with Crippen molar-refractivity contribution in [1.29, 1.82) is 0 Å². The Morgan fingerprint density at radius 1 is 1.19 bits per heavy atom. The summed E-state index contributed by atoms with van der Waals surface area (Å²) in [6.45, 7) is 4.40. The zero-order chi connectivity index (χ0) is 11.5. The maximum absolute atomic E-state index is 4.61. The van der Waals surface area contributed by atoms with E-state index in [1.165, 1.54) is 0 Å². The Hall–Kier alpha value is -0.960. The molecule has 16 heavy (non-hydrogen) atoms. The average molecular weight is 279 g/mol. The summed E-state index contributed by atoms with van der Waals surface area (Å²) >= 11 is 3.68. The first-order valence-electron chi connectivity index (χ1n) is 5.51. The lowest BCUT2D eigenvalue weighted by Gasteiger charge is -2.12. The normalized spacial score (nSPS) is 13.2. The summed E-state index contributed by atoms with van der Waals surface area (Å²) in [5.74, 6) is 0.605. The van der Waals surface area contributed by atoms with E-state index in [0.29, 0.717) is 10.7 Å². The second-order valence-electron chi connectivity index (χ2n) is 4.31. The molecule has 1 unspecified atom stereocenters. The third-order valence-electron chi connectivity index (χ3n) is 2.63. The molecule has 1 aromatic carbocycles. The molecule has 1 heterocycles. The number of hydrogen-bond acceptors (Lipinski definition) is 2. The maximum Gasteiger partial charge on any atom is 0.0890 e. The standard InChI is InChI=1S/C13H15BrN2/c1-9(2)11(14)7-10-8-15-12-5-3-4-6-13(12)16-10/h3-6,8-9,11H,7H2,1-2H3. The van der Waals surface area contributed by atoms with Gasteiger partial charge in [0, 0.05) is 17.4 Å². The highest BCUT2D eigenvalue weighted by Crippen LogP contribution is 2.17. The van der Waals surface area contributed by atoms with Crippen LogP contribution < -0.4 is 0 Å². The van der Waals surface area contributed by atoms with Crippen LogP contribution in [0.3, 0.4) is 0 Å². The van der Waals surface area contributed by atoms with E-state index < -0.39 is 0 Å². The Labute approximate surface area is 104 Å². The summed E-state index contributed by atoms with van der Waals surface area (Å²) in [6.07, 6.45) is 2.80. The van der Waals surface area contributed by atoms with Crippen LogP contribution in [-0.2, 0) is 6.42 Å². The van der Waals surface area contributed by atoms with Crippen molar-refractivity contribution in [3.63, 3.8) is 0 Å². The molecule has 2 nitrogen and oxygen atoms in total. The Morgan fingerprint density at radius 2 is 1.88 bits per heavy atom. The van der Waals surface area contributed by atoms with Crippen molar-refractivity contribution in [3.8, 4) is 0 Å². The number of alkyl halides is 1. The molecule has 1 atom stereocenters. The van der Waals surface area contributed by atoms with Gasteiger partial charge in [0.05, 0.1) is 16.7 Å². The molecule has 0 amide bonds. The quantitative estimate of drug-likeness (QED) is 0.802. The van der Waals surface area contributed by atoms with Gasteiger partial charge in [-0.3, -0.25) is 4.98 Å². The fourth-order valence-electron chi connectivity index (χ4n) is 1.53. The number of hydrogen-bond donors (Lipinski definition) is 0. The van der Waals surface area contributed by atoms with Crippen LogP contribution in [0.25, 0.3) is 11.0 Å². The van der Waals surface area contributed by atoms with Crippen molar-refractivity contribution in [1.82, 2.24) is 9.97 Å². The molecule has 84 valence electrons. The second-order valence-corrected chi connectivity index (χ2v) is 5.49. The lowest BCUT2D eigenvalue weighted by atomic mass is 10.1. The van der Waals surface area contributed by atoms with E-state index >= 15 is 0 Å². The number of halogens is 1. The average Bonchev–Trinajstić information content (AvgIpc) is 2.28. The lowest BCUT2D eigenvalue weighted by Crippen LogP contribution is -2.11. The molecule has 0 spiro atoms. The summed E-state index contributed by atoms with van der Waals surface area (Å²) in [4.78, 5) is 9.48. The number of benzene rings is 1. The first-order valence-corrected chi connectivity index (χ1v) is 6.43. The fourth-order valence-corrected chi connectivity index (χ4v) is 1.86. The Balaban J connectivity index is 2.26. The van der Waals surface area contributed by atoms with Crippen LogP contribution in [0.4, 0.5) is 0 Å². The minimum atomic E-state index is 0.461. The van der Waals surface area contributed by atoms with E-state index in [1.807, 2.05) is 30.5 Å². The first kappa shape index (κ1) is 11.5. The summed E-state index contributed by atoms with van der Waals surface area (Å²) < 4.78 is 0. The van der Waals surface area contributed by atoms with Gasteiger partial charge in [-0.05, 0) is 18.1 Å². The van der Waals surface area contributed by atoms with Crippen molar-refractivity contribution in [2.75, 3.05) is 0 Å². The molecule has 0 saturated carbocycles. The minimum Gasteiger partial charge on any atom is -0.253 e. The van der Waals surface area contributed by atoms with Crippen molar-refractivity contribution < 1.29 is 0 Å². The monoisotopic (exact) mass is 278 g/mol. The number of fused-ring (bicyclic) bond motifs is 1. The SMILES string of the molecule is CC(C)C(Br)Cc1cnc2ccccc2n1. The first-order chi connectivity index (χ1) is 7.66. The van der Waals surface area contributed by atoms with Gasteiger partial charge in [-0.2, -0.15) is 0 Å². The van der Waals surface area contributed by atoms with Gasteiger partial charge in [-0.15, -0.1) is 0 Å². The van der Waals surface area contributed by atoms with Crippen molar-refractivity contribution in [2.45, 2.75) is 25.1 Å². The van der Waals surface area contributed by atoms with E-state index in [9.17, 15) is 0 Å². The molecule has 0 bridgehead atoms. The van der Waals surface area contributed by atoms with Gasteiger partial charge < -0.3 is 0 Å². The summed E-state index contributed by atoms with van der Waals surface area (Å²) in [6, 6.07) is 7.97. The van der Waals surface area contributed by atoms with Crippen LogP contribution in [0.5, 0.6) is 0 Å². The number of para-hydroxylation sites is 2. The molecule has 0 aliphatic rings. The van der Waals surface area contributed by atoms with E-state index in [1.54, 1.807) is 0 Å². The smallest absolute Gasteiger partial charge is 0.0890 e. The zero-order valence-electron chi connectivity index (χ0n) is 9.52. The Morgan fingerprint density at radius 3 is 2.56 bits per heavy atom. The maximum atomic E-state index is 4.61. The van der Waals surface area contributed by atoms with Crippen LogP contribution in [0.15, 0.2) is 30.5 Å². The molecule has 2 aromatic rings. The summed E-state index contributed by atoms with van der Waals surface area (Å²) in [5, 5.41) is 0. The third kappa shape index (κ3) is 2.59. The van der Waals surface area contributed by atoms with E-state index in [4.69, 9.17) is 0 Å². The van der Waals surface area contributed by atoms with Gasteiger partial charge >= 0.3 is 0 Å². The zero-order valence-corrected chi connectivity index (χ0v) is 11.1. The summed E-state index contributed by atoms with van der Waals surface area (Å²) in [7, 11) is 0. The number of rotatable bonds is 3. The highest BCUT2D eigenvalue weighted by Gasteiger charge is 2.11. The Kier molecular flexibility index (Phi) is 3.54. The molecule has 0 saturated heterocycles. The molecular weight excluding hydrogens is 264 g/mol. The van der Waals surface area contributed by atoms with E-state index in [2.05, 4.69) is 39.7 Å². The van der Waals surface area contributed by atoms with Crippen LogP contribution in [-0.4, -0.2) is 14.8 Å². The van der Waals surface area contributed by atoms with Crippen LogP contribution in [0.2, 0.25) is 0 Å². The summed E-state index contributed by atoms with van der Waals surface area (Å²) in [5.41, 5.74) is 2.99. The van der Waals surface area contributed by atoms with Gasteiger partial charge in [0.25, 0.3) is 0 Å². The predicted molar refractivity (Wildman–Crippen MR) is 70.8 cm³/mol. The Bertz CT molecular complexity index is 482. The molecule has 2 rings (SSSR count). The van der Waals surface area contributed by atoms with Crippen LogP contribution in [0, 0.1) is 5.92 Å². The second kappa shape index (κ2) is 4.91. The number of nitrogens with zero attached hydrogens (tertiary/aromatic N) is 2. The van der Waals surface area contributed by atoms with Crippen molar-refractivity contribution >= 4 is 27.0 Å². The van der Waals surface area contributed by atoms with Crippen molar-refractivity contribution in [2.24, 2.45) is 5.92 Å². The molecule has 0 N–H and O–H groups in total. The number of aromatic nitrogens is 2. The highest BCUT2D eigenvalue weighted by molar-refractivity contribution is 9.09. The molecule has 0 aliphatic carbocycles. The van der Waals surface area contributed by atoms with Crippen molar-refractivity contribution in [3.05, 3.63) is 36.2 Å². The van der Waals surface area contributed by atoms with Gasteiger partial charge in [-0.25, -0.2) is 4.98 Å². The molecule has 0 aliphatic heterocycles. The van der Waals surface area contributed by atoms with Gasteiger partial charge in [-0.1, -0.05) is 41.9 Å². The predicted octanol–water partition coefficient (Wildman–Crippen LogP) is 3.59. The molecule has 1 aromatic heterocycles. The van der Waals surface area contributed by atoms with Crippen LogP contribution in [0.1, 0.15) is 19.5 Å². The molecular formula is C13H15BrN2. The van der Waals surface area contributed by atoms with Crippen LogP contribution >= 0.6 is 15.9 Å². The fraction of sp³-hybridized carbons (Fsp3) is 0.385. The van der Waals surface area contributed by atoms with Gasteiger partial charge in [0.1, 0.15) is 0 Å². The highest BCUT2D eigenvalue weighted by atomic mass is 79.9. The topological polar surface area (TPSA) is 25.8 Å². The van der Waals surface area contributed by atoms with E-state index in [0.717, 1.165) is 23.1 Å². The van der Waals surface area contributed by atoms with E-state index in [-0.39, 0.29) is 0 Å². The molecule has 0 radical (unpaired) electrons. The minimum absolute atomic E-state index is 0.461. The molecule has 0 fully saturated rings. The van der Waals surface area contributed by atoms with Gasteiger partial charge in [0.2, 0.25) is 0 Å². The largest absolute Gasteiger partial charge is 0.253 e. The molecule has 3 heteroatoms. The lowest BCUT2D eigenvalue weighted by molar-refractivity contribution is 0.607. The van der Waals surface area contributed by atoms with Gasteiger partial charge in [0.15, 0.2) is 0 Å². The third-order valence-corrected chi connectivity index (χ3v) is 4.01.